The lowest BCUT2D eigenvalue weighted by molar-refractivity contribution is 0.0697. The van der Waals surface area contributed by atoms with Crippen LogP contribution in [0.3, 0.4) is 0 Å². The lowest BCUT2D eigenvalue weighted by Gasteiger charge is -2.32. The van der Waals surface area contributed by atoms with Gasteiger partial charge in [0.1, 0.15) is 22.9 Å². The molecule has 1 atom stereocenters. The van der Waals surface area contributed by atoms with Crippen LogP contribution in [0.1, 0.15) is 40.5 Å². The van der Waals surface area contributed by atoms with Gasteiger partial charge in [-0.1, -0.05) is 41.6 Å². The first kappa shape index (κ1) is 22.6. The summed E-state index contributed by atoms with van der Waals surface area (Å²) < 4.78 is 12.5. The molecule has 180 valence electrons. The number of aromatic nitrogens is 5. The number of likely N-dealkylation sites (tertiary alicyclic amines) is 1. The van der Waals surface area contributed by atoms with E-state index < -0.39 is 0 Å². The van der Waals surface area contributed by atoms with Crippen molar-refractivity contribution < 1.29 is 14.3 Å². The third-order valence-electron chi connectivity index (χ3n) is 6.30. The number of rotatable bonds is 6. The Hall–Kier alpha value is -4.21. The molecule has 35 heavy (non-hydrogen) atoms. The first-order chi connectivity index (χ1) is 17.1. The molecule has 1 saturated heterocycles. The zero-order valence-corrected chi connectivity index (χ0v) is 19.6. The van der Waals surface area contributed by atoms with E-state index in [1.807, 2.05) is 30.3 Å². The van der Waals surface area contributed by atoms with Crippen LogP contribution >= 0.6 is 0 Å². The normalized spacial score (nSPS) is 15.8. The number of methoxy groups -OCH3 is 2. The molecule has 1 unspecified atom stereocenters. The molecule has 2 aromatic carbocycles. The van der Waals surface area contributed by atoms with E-state index in [-0.39, 0.29) is 22.9 Å². The average Bonchev–Trinajstić information content (AvgIpc) is 3.31. The van der Waals surface area contributed by atoms with E-state index in [0.717, 1.165) is 18.4 Å². The molecule has 0 aliphatic carbocycles. The lowest BCUT2D eigenvalue weighted by Crippen LogP contribution is -2.40. The van der Waals surface area contributed by atoms with Crippen molar-refractivity contribution in [3.05, 3.63) is 75.8 Å². The maximum atomic E-state index is 13.5. The Morgan fingerprint density at radius 1 is 1.09 bits per heavy atom. The summed E-state index contributed by atoms with van der Waals surface area (Å²) in [7, 11) is 3.06. The fraction of sp³-hybridized carbons (Fsp3) is 0.320. The summed E-state index contributed by atoms with van der Waals surface area (Å²) in [5, 5.41) is 8.19. The molecule has 1 N–H and O–H groups in total. The van der Waals surface area contributed by atoms with E-state index >= 15 is 0 Å². The zero-order chi connectivity index (χ0) is 24.4. The van der Waals surface area contributed by atoms with Gasteiger partial charge in [0.2, 0.25) is 0 Å². The lowest BCUT2D eigenvalue weighted by atomic mass is 9.96. The highest BCUT2D eigenvalue weighted by Crippen LogP contribution is 2.32. The molecular weight excluding hydrogens is 448 g/mol. The third kappa shape index (κ3) is 4.34. The second kappa shape index (κ2) is 9.57. The molecule has 1 fully saturated rings. The molecule has 0 bridgehead atoms. The van der Waals surface area contributed by atoms with Gasteiger partial charge in [0.15, 0.2) is 11.2 Å². The number of piperidine rings is 1. The van der Waals surface area contributed by atoms with E-state index in [1.54, 1.807) is 27.8 Å². The number of carbonyl (C=O) groups excluding carboxylic acids is 1. The number of nitrogens with zero attached hydrogens (tertiary/aromatic N) is 5. The fourth-order valence-electron chi connectivity index (χ4n) is 4.54. The number of amides is 1. The summed E-state index contributed by atoms with van der Waals surface area (Å²) >= 11 is 0. The number of hydrogen-bond donors (Lipinski definition) is 1. The number of hydrogen-bond acceptors (Lipinski definition) is 7. The van der Waals surface area contributed by atoms with E-state index in [9.17, 15) is 9.59 Å². The summed E-state index contributed by atoms with van der Waals surface area (Å²) in [4.78, 5) is 35.6. The summed E-state index contributed by atoms with van der Waals surface area (Å²) in [6.45, 7) is 1.46. The Labute approximate surface area is 201 Å². The van der Waals surface area contributed by atoms with Crippen LogP contribution in [-0.4, -0.2) is 63.1 Å². The molecular formula is C25H26N6O4. The Morgan fingerprint density at radius 2 is 1.83 bits per heavy atom. The van der Waals surface area contributed by atoms with Crippen molar-refractivity contribution in [1.29, 1.82) is 0 Å². The SMILES string of the molecule is COc1cccc(OC)c1C(=O)N1CCCC(c2nc3c(nnn3Cc3ccccc3)c(=O)[nH]2)C1. The second-order valence-electron chi connectivity index (χ2n) is 8.48. The predicted octanol–water partition coefficient (Wildman–Crippen LogP) is 2.60. The molecule has 0 radical (unpaired) electrons. The molecule has 3 heterocycles. The van der Waals surface area contributed by atoms with Gasteiger partial charge >= 0.3 is 0 Å². The molecule has 1 amide bonds. The summed E-state index contributed by atoms with van der Waals surface area (Å²) in [5.41, 5.74) is 1.72. The van der Waals surface area contributed by atoms with Crippen LogP contribution in [0.25, 0.3) is 11.2 Å². The Bertz CT molecular complexity index is 1390. The maximum absolute atomic E-state index is 13.5. The number of fused-ring (bicyclic) bond motifs is 1. The van der Waals surface area contributed by atoms with E-state index in [0.29, 0.717) is 48.2 Å². The van der Waals surface area contributed by atoms with Gasteiger partial charge in [0.05, 0.1) is 20.8 Å². The number of carbonyl (C=O) groups is 1. The highest BCUT2D eigenvalue weighted by Gasteiger charge is 2.31. The first-order valence-corrected chi connectivity index (χ1v) is 11.5. The largest absolute Gasteiger partial charge is 0.496 e. The van der Waals surface area contributed by atoms with Gasteiger partial charge in [-0.2, -0.15) is 0 Å². The van der Waals surface area contributed by atoms with Gasteiger partial charge in [-0.25, -0.2) is 9.67 Å². The van der Waals surface area contributed by atoms with Crippen molar-refractivity contribution >= 4 is 17.1 Å². The summed E-state index contributed by atoms with van der Waals surface area (Å²) in [6, 6.07) is 15.1. The van der Waals surface area contributed by atoms with Crippen LogP contribution in [0.5, 0.6) is 11.5 Å². The molecule has 1 aliphatic heterocycles. The first-order valence-electron chi connectivity index (χ1n) is 11.5. The third-order valence-corrected chi connectivity index (χ3v) is 6.30. The quantitative estimate of drug-likeness (QED) is 0.457. The second-order valence-corrected chi connectivity index (χ2v) is 8.48. The molecule has 0 spiro atoms. The standard InChI is InChI=1S/C25H26N6O4/c1-34-18-11-6-12-19(35-2)20(18)25(33)30-13-7-10-17(15-30)22-26-23-21(24(32)27-22)28-29-31(23)14-16-8-4-3-5-9-16/h3-6,8-9,11-12,17H,7,10,13-15H2,1-2H3,(H,26,27,32). The minimum Gasteiger partial charge on any atom is -0.496 e. The minimum absolute atomic E-state index is 0.134. The molecule has 5 rings (SSSR count). The van der Waals surface area contributed by atoms with Crippen molar-refractivity contribution in [3.8, 4) is 11.5 Å². The summed E-state index contributed by atoms with van der Waals surface area (Å²) in [5.74, 6) is 1.14. The van der Waals surface area contributed by atoms with Crippen molar-refractivity contribution in [2.75, 3.05) is 27.3 Å². The van der Waals surface area contributed by atoms with E-state index in [2.05, 4.69) is 15.3 Å². The van der Waals surface area contributed by atoms with Crippen LogP contribution < -0.4 is 15.0 Å². The van der Waals surface area contributed by atoms with Gasteiger partial charge in [0, 0.05) is 19.0 Å². The number of benzene rings is 2. The number of H-pyrrole nitrogens is 1. The number of nitrogens with one attached hydrogen (secondary N) is 1. The summed E-state index contributed by atoms with van der Waals surface area (Å²) in [6.07, 6.45) is 1.57. The highest BCUT2D eigenvalue weighted by molar-refractivity contribution is 5.99. The van der Waals surface area contributed by atoms with E-state index in [1.165, 1.54) is 14.2 Å². The molecule has 4 aromatic rings. The van der Waals surface area contributed by atoms with E-state index in [4.69, 9.17) is 14.5 Å². The van der Waals surface area contributed by atoms with Crippen LogP contribution in [0.15, 0.2) is 53.3 Å². The highest BCUT2D eigenvalue weighted by atomic mass is 16.5. The topological polar surface area (TPSA) is 115 Å². The van der Waals surface area contributed by atoms with Crippen molar-refractivity contribution in [3.63, 3.8) is 0 Å². The van der Waals surface area contributed by atoms with Crippen LogP contribution in [0, 0.1) is 0 Å². The van der Waals surface area contributed by atoms with Crippen molar-refractivity contribution in [2.24, 2.45) is 0 Å². The van der Waals surface area contributed by atoms with Gasteiger partial charge in [-0.15, -0.1) is 5.10 Å². The maximum Gasteiger partial charge on any atom is 0.281 e. The number of aromatic amines is 1. The van der Waals surface area contributed by atoms with Crippen molar-refractivity contribution in [1.82, 2.24) is 29.9 Å². The monoisotopic (exact) mass is 474 g/mol. The van der Waals surface area contributed by atoms with Crippen LogP contribution in [0.4, 0.5) is 0 Å². The van der Waals surface area contributed by atoms with Gasteiger partial charge in [-0.3, -0.25) is 9.59 Å². The Balaban J connectivity index is 1.44. The van der Waals surface area contributed by atoms with Gasteiger partial charge in [0.25, 0.3) is 11.5 Å². The number of ether oxygens (including phenoxy) is 2. The Kier molecular flexibility index (Phi) is 6.17. The van der Waals surface area contributed by atoms with Crippen LogP contribution in [-0.2, 0) is 6.54 Å². The minimum atomic E-state index is -0.334. The average molecular weight is 475 g/mol. The van der Waals surface area contributed by atoms with Crippen LogP contribution in [0.2, 0.25) is 0 Å². The van der Waals surface area contributed by atoms with Gasteiger partial charge < -0.3 is 19.4 Å². The fourth-order valence-corrected chi connectivity index (χ4v) is 4.54. The molecule has 10 heteroatoms. The molecule has 2 aromatic heterocycles. The van der Waals surface area contributed by atoms with Gasteiger partial charge in [-0.05, 0) is 30.5 Å². The predicted molar refractivity (Wildman–Crippen MR) is 129 cm³/mol. The molecule has 0 saturated carbocycles. The molecule has 1 aliphatic rings. The Morgan fingerprint density at radius 3 is 2.54 bits per heavy atom. The molecule has 10 nitrogen and oxygen atoms in total. The van der Waals surface area contributed by atoms with Crippen molar-refractivity contribution in [2.45, 2.75) is 25.3 Å². The zero-order valence-electron chi connectivity index (χ0n) is 19.6. The smallest absolute Gasteiger partial charge is 0.281 e.